The summed E-state index contributed by atoms with van der Waals surface area (Å²) >= 11 is 0. The molecular formula is C23H28N2O4. The predicted molar refractivity (Wildman–Crippen MR) is 111 cm³/mol. The Kier molecular flexibility index (Phi) is 7.64. The van der Waals surface area contributed by atoms with E-state index < -0.39 is 0 Å². The van der Waals surface area contributed by atoms with Crippen molar-refractivity contribution in [2.45, 2.75) is 25.8 Å². The highest BCUT2D eigenvalue weighted by Crippen LogP contribution is 2.18. The number of amides is 2. The van der Waals surface area contributed by atoms with Crippen LogP contribution in [0.25, 0.3) is 0 Å². The van der Waals surface area contributed by atoms with Gasteiger partial charge in [-0.1, -0.05) is 42.5 Å². The van der Waals surface area contributed by atoms with Crippen LogP contribution in [0.3, 0.4) is 0 Å². The van der Waals surface area contributed by atoms with E-state index in [0.717, 1.165) is 12.8 Å². The standard InChI is InChI=1S/C23H28N2O4/c1-18(11-12-19-7-3-2-4-8-19)24-23(27)20-9-5-6-10-21(20)29-17-22(26)25-13-15-28-16-14-25/h2-10,18H,11-17H2,1H3,(H,24,27). The molecule has 2 aromatic carbocycles. The molecule has 154 valence electrons. The molecule has 1 N–H and O–H groups in total. The number of rotatable bonds is 8. The molecule has 1 heterocycles. The largest absolute Gasteiger partial charge is 0.483 e. The Hall–Kier alpha value is -2.86. The molecule has 0 aliphatic carbocycles. The minimum absolute atomic E-state index is 0.0192. The summed E-state index contributed by atoms with van der Waals surface area (Å²) in [6, 6.07) is 17.2. The lowest BCUT2D eigenvalue weighted by atomic mass is 10.1. The Morgan fingerprint density at radius 3 is 2.52 bits per heavy atom. The highest BCUT2D eigenvalue weighted by Gasteiger charge is 2.19. The third kappa shape index (κ3) is 6.32. The number of carbonyl (C=O) groups excluding carboxylic acids is 2. The molecule has 1 fully saturated rings. The molecule has 3 rings (SSSR count). The molecule has 6 heteroatoms. The van der Waals surface area contributed by atoms with Crippen LogP contribution < -0.4 is 10.1 Å². The molecule has 29 heavy (non-hydrogen) atoms. The highest BCUT2D eigenvalue weighted by molar-refractivity contribution is 5.97. The second-order valence-electron chi connectivity index (χ2n) is 7.18. The van der Waals surface area contributed by atoms with Crippen molar-refractivity contribution in [2.24, 2.45) is 0 Å². The first-order valence-corrected chi connectivity index (χ1v) is 10.1. The van der Waals surface area contributed by atoms with Crippen LogP contribution in [-0.2, 0) is 16.0 Å². The minimum Gasteiger partial charge on any atom is -0.483 e. The second-order valence-corrected chi connectivity index (χ2v) is 7.18. The average Bonchev–Trinajstić information content (AvgIpc) is 2.77. The van der Waals surface area contributed by atoms with Gasteiger partial charge in [-0.15, -0.1) is 0 Å². The third-order valence-electron chi connectivity index (χ3n) is 4.93. The van der Waals surface area contributed by atoms with Crippen molar-refractivity contribution in [3.05, 3.63) is 65.7 Å². The van der Waals surface area contributed by atoms with Gasteiger partial charge in [0.25, 0.3) is 11.8 Å². The van der Waals surface area contributed by atoms with Gasteiger partial charge >= 0.3 is 0 Å². The lowest BCUT2D eigenvalue weighted by molar-refractivity contribution is -0.137. The van der Waals surface area contributed by atoms with Crippen LogP contribution in [0, 0.1) is 0 Å². The first-order chi connectivity index (χ1) is 14.1. The van der Waals surface area contributed by atoms with Gasteiger partial charge in [-0.2, -0.15) is 0 Å². The fourth-order valence-electron chi connectivity index (χ4n) is 3.23. The van der Waals surface area contributed by atoms with Crippen molar-refractivity contribution in [2.75, 3.05) is 32.9 Å². The number of para-hydroxylation sites is 1. The van der Waals surface area contributed by atoms with Gasteiger partial charge in [0.1, 0.15) is 5.75 Å². The van der Waals surface area contributed by atoms with Crippen molar-refractivity contribution >= 4 is 11.8 Å². The number of ether oxygens (including phenoxy) is 2. The molecule has 0 aromatic heterocycles. The van der Waals surface area contributed by atoms with E-state index in [2.05, 4.69) is 17.4 Å². The molecule has 1 unspecified atom stereocenters. The normalized spacial score (nSPS) is 14.9. The van der Waals surface area contributed by atoms with Crippen LogP contribution in [0.2, 0.25) is 0 Å². The molecule has 1 aliphatic heterocycles. The lowest BCUT2D eigenvalue weighted by Gasteiger charge is -2.26. The van der Waals surface area contributed by atoms with E-state index in [4.69, 9.17) is 9.47 Å². The summed E-state index contributed by atoms with van der Waals surface area (Å²) in [7, 11) is 0. The zero-order valence-electron chi connectivity index (χ0n) is 16.8. The van der Waals surface area contributed by atoms with Crippen molar-refractivity contribution in [3.63, 3.8) is 0 Å². The summed E-state index contributed by atoms with van der Waals surface area (Å²) in [5.74, 6) is 0.126. The molecule has 0 bridgehead atoms. The summed E-state index contributed by atoms with van der Waals surface area (Å²) < 4.78 is 11.0. The predicted octanol–water partition coefficient (Wildman–Crippen LogP) is 2.68. The SMILES string of the molecule is CC(CCc1ccccc1)NC(=O)c1ccccc1OCC(=O)N1CCOCC1. The van der Waals surface area contributed by atoms with Crippen molar-refractivity contribution < 1.29 is 19.1 Å². The molecule has 1 atom stereocenters. The maximum Gasteiger partial charge on any atom is 0.260 e. The molecular weight excluding hydrogens is 368 g/mol. The molecule has 0 radical (unpaired) electrons. The number of nitrogens with zero attached hydrogens (tertiary/aromatic N) is 1. The molecule has 0 spiro atoms. The Morgan fingerprint density at radius 2 is 1.76 bits per heavy atom. The zero-order valence-corrected chi connectivity index (χ0v) is 16.8. The van der Waals surface area contributed by atoms with E-state index in [1.54, 1.807) is 29.2 Å². The fraction of sp³-hybridized carbons (Fsp3) is 0.391. The number of benzene rings is 2. The zero-order chi connectivity index (χ0) is 20.5. The molecule has 1 saturated heterocycles. The van der Waals surface area contributed by atoms with E-state index in [1.807, 2.05) is 25.1 Å². The molecule has 2 amide bonds. The Morgan fingerprint density at radius 1 is 1.07 bits per heavy atom. The van der Waals surface area contributed by atoms with Crippen LogP contribution in [0.1, 0.15) is 29.3 Å². The van der Waals surface area contributed by atoms with E-state index in [9.17, 15) is 9.59 Å². The Balaban J connectivity index is 1.53. The van der Waals surface area contributed by atoms with Crippen LogP contribution in [0.5, 0.6) is 5.75 Å². The molecule has 6 nitrogen and oxygen atoms in total. The highest BCUT2D eigenvalue weighted by atomic mass is 16.5. The van der Waals surface area contributed by atoms with Crippen molar-refractivity contribution in [1.82, 2.24) is 10.2 Å². The molecule has 1 aliphatic rings. The summed E-state index contributed by atoms with van der Waals surface area (Å²) in [4.78, 5) is 26.7. The number of nitrogens with one attached hydrogen (secondary N) is 1. The van der Waals surface area contributed by atoms with E-state index in [1.165, 1.54) is 5.56 Å². The topological polar surface area (TPSA) is 67.9 Å². The van der Waals surface area contributed by atoms with E-state index >= 15 is 0 Å². The lowest BCUT2D eigenvalue weighted by Crippen LogP contribution is -2.43. The first-order valence-electron chi connectivity index (χ1n) is 10.1. The smallest absolute Gasteiger partial charge is 0.260 e. The van der Waals surface area contributed by atoms with Gasteiger partial charge in [0.05, 0.1) is 18.8 Å². The third-order valence-corrected chi connectivity index (χ3v) is 4.93. The summed E-state index contributed by atoms with van der Waals surface area (Å²) in [5, 5.41) is 3.03. The van der Waals surface area contributed by atoms with Gasteiger partial charge in [0.15, 0.2) is 6.61 Å². The number of carbonyl (C=O) groups is 2. The number of morpholine rings is 1. The maximum absolute atomic E-state index is 12.7. The van der Waals surface area contributed by atoms with E-state index in [0.29, 0.717) is 37.6 Å². The van der Waals surface area contributed by atoms with Crippen LogP contribution in [-0.4, -0.2) is 55.7 Å². The first kappa shape index (κ1) is 20.9. The van der Waals surface area contributed by atoms with Gasteiger partial charge in [-0.25, -0.2) is 0 Å². The van der Waals surface area contributed by atoms with Crippen LogP contribution in [0.15, 0.2) is 54.6 Å². The van der Waals surface area contributed by atoms with Gasteiger partial charge in [0, 0.05) is 19.1 Å². The summed E-state index contributed by atoms with van der Waals surface area (Å²) in [6.07, 6.45) is 1.74. The van der Waals surface area contributed by atoms with Gasteiger partial charge in [0.2, 0.25) is 0 Å². The van der Waals surface area contributed by atoms with E-state index in [-0.39, 0.29) is 24.5 Å². The molecule has 2 aromatic rings. The van der Waals surface area contributed by atoms with Gasteiger partial charge in [-0.05, 0) is 37.5 Å². The number of hydrogen-bond donors (Lipinski definition) is 1. The monoisotopic (exact) mass is 396 g/mol. The summed E-state index contributed by atoms with van der Waals surface area (Å²) in [6.45, 7) is 4.14. The van der Waals surface area contributed by atoms with Crippen molar-refractivity contribution in [1.29, 1.82) is 0 Å². The minimum atomic E-state index is -0.194. The van der Waals surface area contributed by atoms with Crippen LogP contribution in [0.4, 0.5) is 0 Å². The second kappa shape index (κ2) is 10.6. The average molecular weight is 396 g/mol. The number of hydrogen-bond acceptors (Lipinski definition) is 4. The fourth-order valence-corrected chi connectivity index (χ4v) is 3.23. The summed E-state index contributed by atoms with van der Waals surface area (Å²) in [5.41, 5.74) is 1.69. The Labute approximate surface area is 171 Å². The van der Waals surface area contributed by atoms with Crippen LogP contribution >= 0.6 is 0 Å². The maximum atomic E-state index is 12.7. The van der Waals surface area contributed by atoms with Crippen molar-refractivity contribution in [3.8, 4) is 5.75 Å². The quantitative estimate of drug-likeness (QED) is 0.745. The van der Waals surface area contributed by atoms with Gasteiger partial charge < -0.3 is 19.7 Å². The van der Waals surface area contributed by atoms with Gasteiger partial charge in [-0.3, -0.25) is 9.59 Å². The number of aryl methyl sites for hydroxylation is 1. The Bertz CT molecular complexity index is 804. The molecule has 0 saturated carbocycles.